The van der Waals surface area contributed by atoms with Gasteiger partial charge >= 0.3 is 0 Å². The molecule has 0 bridgehead atoms. The Bertz CT molecular complexity index is 423. The maximum atomic E-state index is 11.7. The molecule has 0 aliphatic heterocycles. The number of nitrogens with zero attached hydrogens (tertiary/aromatic N) is 1. The zero-order chi connectivity index (χ0) is 10.9. The molecule has 1 saturated carbocycles. The first-order chi connectivity index (χ1) is 7.08. The van der Waals surface area contributed by atoms with Crippen molar-refractivity contribution in [3.05, 3.63) is 12.3 Å². The second-order valence-electron chi connectivity index (χ2n) is 3.63. The predicted octanol–water partition coefficient (Wildman–Crippen LogP) is 0.584. The van der Waals surface area contributed by atoms with Gasteiger partial charge in [0.1, 0.15) is 0 Å². The molecule has 0 amide bonds. The summed E-state index contributed by atoms with van der Waals surface area (Å²) in [6.45, 7) is 0.496. The molecule has 1 aliphatic rings. The molecular formula is C8H13N3O2S2. The number of aromatic nitrogens is 2. The summed E-state index contributed by atoms with van der Waals surface area (Å²) in [4.78, 5) is 0. The van der Waals surface area contributed by atoms with Gasteiger partial charge in [-0.2, -0.15) is 16.9 Å². The lowest BCUT2D eigenvalue weighted by molar-refractivity contribution is 0.575. The van der Waals surface area contributed by atoms with Crippen LogP contribution in [0, 0.1) is 0 Å². The zero-order valence-electron chi connectivity index (χ0n) is 8.36. The van der Waals surface area contributed by atoms with Crippen LogP contribution in [0.1, 0.15) is 12.8 Å². The molecule has 1 heterocycles. The van der Waals surface area contributed by atoms with Crippen molar-refractivity contribution in [2.45, 2.75) is 22.6 Å². The number of aromatic amines is 1. The first-order valence-corrected chi connectivity index (χ1v) is 7.33. The molecular weight excluding hydrogens is 234 g/mol. The van der Waals surface area contributed by atoms with Gasteiger partial charge in [-0.05, 0) is 25.2 Å². The fourth-order valence-corrected chi connectivity index (χ4v) is 3.14. The third-order valence-corrected chi connectivity index (χ3v) is 5.34. The molecule has 84 valence electrons. The molecule has 5 nitrogen and oxygen atoms in total. The highest BCUT2D eigenvalue weighted by atomic mass is 32.2. The normalized spacial score (nSPS) is 19.0. The quantitative estimate of drug-likeness (QED) is 0.798. The molecule has 7 heteroatoms. The van der Waals surface area contributed by atoms with Gasteiger partial charge in [-0.1, -0.05) is 0 Å². The largest absolute Gasteiger partial charge is 0.266 e. The van der Waals surface area contributed by atoms with Gasteiger partial charge in [0.05, 0.1) is 6.20 Å². The van der Waals surface area contributed by atoms with Gasteiger partial charge in [-0.25, -0.2) is 13.1 Å². The van der Waals surface area contributed by atoms with Crippen LogP contribution >= 0.6 is 11.8 Å². The van der Waals surface area contributed by atoms with Crippen molar-refractivity contribution in [1.29, 1.82) is 0 Å². The average Bonchev–Trinajstić information content (AvgIpc) is 2.77. The number of H-pyrrole nitrogens is 1. The van der Waals surface area contributed by atoms with Crippen LogP contribution in [-0.4, -0.2) is 36.2 Å². The van der Waals surface area contributed by atoms with Crippen molar-refractivity contribution in [3.8, 4) is 0 Å². The molecule has 15 heavy (non-hydrogen) atoms. The topological polar surface area (TPSA) is 74.8 Å². The van der Waals surface area contributed by atoms with Gasteiger partial charge in [0.25, 0.3) is 10.0 Å². The number of sulfonamides is 1. The summed E-state index contributed by atoms with van der Waals surface area (Å²) in [6, 6.07) is 1.45. The summed E-state index contributed by atoms with van der Waals surface area (Å²) in [7, 11) is -3.40. The highest BCUT2D eigenvalue weighted by Gasteiger charge is 2.42. The lowest BCUT2D eigenvalue weighted by Gasteiger charge is -2.12. The minimum absolute atomic E-state index is 0.124. The van der Waals surface area contributed by atoms with Crippen molar-refractivity contribution in [2.24, 2.45) is 0 Å². The van der Waals surface area contributed by atoms with E-state index in [1.807, 2.05) is 6.26 Å². The molecule has 2 rings (SSSR count). The van der Waals surface area contributed by atoms with E-state index in [-0.39, 0.29) is 9.77 Å². The smallest absolute Gasteiger partial charge is 0.257 e. The third-order valence-electron chi connectivity index (χ3n) is 2.59. The van der Waals surface area contributed by atoms with Crippen molar-refractivity contribution in [1.82, 2.24) is 14.9 Å². The third kappa shape index (κ3) is 2.35. The number of nitrogens with one attached hydrogen (secondary N) is 2. The molecule has 0 atom stereocenters. The fourth-order valence-electron chi connectivity index (χ4n) is 1.29. The van der Waals surface area contributed by atoms with Crippen molar-refractivity contribution in [2.75, 3.05) is 12.8 Å². The molecule has 0 spiro atoms. The molecule has 1 fully saturated rings. The Morgan fingerprint density at radius 2 is 2.40 bits per heavy atom. The molecule has 0 radical (unpaired) electrons. The number of thioether (sulfide) groups is 1. The van der Waals surface area contributed by atoms with Crippen LogP contribution in [0.4, 0.5) is 0 Å². The van der Waals surface area contributed by atoms with Gasteiger partial charge < -0.3 is 0 Å². The SMILES string of the molecule is CSC1(CNS(=O)(=O)c2ccn[nH]2)CC1. The number of hydrogen-bond donors (Lipinski definition) is 2. The summed E-state index contributed by atoms with van der Waals surface area (Å²) in [5.41, 5.74) is 0. The van der Waals surface area contributed by atoms with E-state index >= 15 is 0 Å². The van der Waals surface area contributed by atoms with Gasteiger partial charge in [0, 0.05) is 11.3 Å². The first-order valence-electron chi connectivity index (χ1n) is 4.62. The lowest BCUT2D eigenvalue weighted by Crippen LogP contribution is -2.31. The van der Waals surface area contributed by atoms with E-state index in [9.17, 15) is 8.42 Å². The number of rotatable bonds is 5. The minimum Gasteiger partial charge on any atom is -0.266 e. The highest BCUT2D eigenvalue weighted by molar-refractivity contribution is 8.00. The average molecular weight is 247 g/mol. The molecule has 0 aromatic carbocycles. The maximum absolute atomic E-state index is 11.7. The van der Waals surface area contributed by atoms with E-state index in [1.54, 1.807) is 11.8 Å². The van der Waals surface area contributed by atoms with Crippen LogP contribution in [0.5, 0.6) is 0 Å². The van der Waals surface area contributed by atoms with Crippen LogP contribution in [0.3, 0.4) is 0 Å². The van der Waals surface area contributed by atoms with Gasteiger partial charge in [-0.15, -0.1) is 0 Å². The van der Waals surface area contributed by atoms with E-state index in [4.69, 9.17) is 0 Å². The Morgan fingerprint density at radius 3 is 2.87 bits per heavy atom. The monoisotopic (exact) mass is 247 g/mol. The Kier molecular flexibility index (Phi) is 2.78. The summed E-state index contributed by atoms with van der Waals surface area (Å²) >= 11 is 1.72. The van der Waals surface area contributed by atoms with Crippen molar-refractivity contribution < 1.29 is 8.42 Å². The highest BCUT2D eigenvalue weighted by Crippen LogP contribution is 2.46. The second kappa shape index (κ2) is 3.80. The summed E-state index contributed by atoms with van der Waals surface area (Å²) in [5, 5.41) is 6.19. The summed E-state index contributed by atoms with van der Waals surface area (Å²) < 4.78 is 26.1. The summed E-state index contributed by atoms with van der Waals surface area (Å²) in [5.74, 6) is 0. The lowest BCUT2D eigenvalue weighted by atomic mass is 10.4. The van der Waals surface area contributed by atoms with Gasteiger partial charge in [0.15, 0.2) is 5.03 Å². The van der Waals surface area contributed by atoms with E-state index in [0.29, 0.717) is 6.54 Å². The zero-order valence-corrected chi connectivity index (χ0v) is 9.99. The molecule has 0 saturated heterocycles. The second-order valence-corrected chi connectivity index (χ2v) is 6.64. The summed E-state index contributed by atoms with van der Waals surface area (Å²) in [6.07, 6.45) is 5.60. The van der Waals surface area contributed by atoms with Crippen molar-refractivity contribution >= 4 is 21.8 Å². The molecule has 0 unspecified atom stereocenters. The predicted molar refractivity (Wildman–Crippen MR) is 59.3 cm³/mol. The fraction of sp³-hybridized carbons (Fsp3) is 0.625. The van der Waals surface area contributed by atoms with E-state index in [2.05, 4.69) is 14.9 Å². The number of hydrogen-bond acceptors (Lipinski definition) is 4. The van der Waals surface area contributed by atoms with Crippen LogP contribution in [0.15, 0.2) is 17.3 Å². The van der Waals surface area contributed by atoms with Crippen LogP contribution in [0.2, 0.25) is 0 Å². The molecule has 1 aromatic heterocycles. The van der Waals surface area contributed by atoms with Crippen LogP contribution in [0.25, 0.3) is 0 Å². The molecule has 1 aromatic rings. The van der Waals surface area contributed by atoms with Gasteiger partial charge in [-0.3, -0.25) is 5.10 Å². The first kappa shape index (κ1) is 11.0. The Labute approximate surface area is 93.1 Å². The van der Waals surface area contributed by atoms with Crippen LogP contribution in [-0.2, 0) is 10.0 Å². The minimum atomic E-state index is -3.40. The van der Waals surface area contributed by atoms with E-state index in [0.717, 1.165) is 12.8 Å². The molecule has 2 N–H and O–H groups in total. The standard InChI is InChI=1S/C8H13N3O2S2/c1-14-8(3-4-8)6-10-15(12,13)7-2-5-9-11-7/h2,5,10H,3-4,6H2,1H3,(H,9,11). The van der Waals surface area contributed by atoms with Crippen LogP contribution < -0.4 is 4.72 Å². The van der Waals surface area contributed by atoms with Crippen molar-refractivity contribution in [3.63, 3.8) is 0 Å². The Balaban J connectivity index is 2.00. The maximum Gasteiger partial charge on any atom is 0.257 e. The van der Waals surface area contributed by atoms with E-state index < -0.39 is 10.0 Å². The Morgan fingerprint density at radius 1 is 1.67 bits per heavy atom. The van der Waals surface area contributed by atoms with E-state index in [1.165, 1.54) is 12.3 Å². The van der Waals surface area contributed by atoms with Gasteiger partial charge in [0.2, 0.25) is 0 Å². The Hall–Kier alpha value is -0.530. The molecule has 1 aliphatic carbocycles.